The van der Waals surface area contributed by atoms with Gasteiger partial charge in [-0.05, 0) is 80.5 Å². The second-order valence-corrected chi connectivity index (χ2v) is 20.9. The smallest absolute Gasteiger partial charge is 0.446 e. The van der Waals surface area contributed by atoms with Crippen LogP contribution in [0.1, 0.15) is 76.5 Å². The number of carboxylic acids is 1. The molecule has 12 N–H and O–H groups in total. The van der Waals surface area contributed by atoms with Crippen molar-refractivity contribution in [3.05, 3.63) is 102 Å². The fourth-order valence-electron chi connectivity index (χ4n) is 7.78. The molecule has 1 aromatic heterocycles. The Morgan fingerprint density at radius 2 is 1.33 bits per heavy atom. The summed E-state index contributed by atoms with van der Waals surface area (Å²) < 4.78 is 41.3. The maximum Gasteiger partial charge on any atom is 0.446 e. The zero-order chi connectivity index (χ0) is 56.0. The van der Waals surface area contributed by atoms with Crippen molar-refractivity contribution in [2.75, 3.05) is 25.1 Å². The molecule has 7 amide bonds. The molecule has 0 aliphatic carbocycles. The van der Waals surface area contributed by atoms with E-state index in [4.69, 9.17) is 15.0 Å². The minimum Gasteiger partial charge on any atom is -0.481 e. The third-order valence-corrected chi connectivity index (χ3v) is 12.5. The van der Waals surface area contributed by atoms with E-state index >= 15 is 0 Å². The van der Waals surface area contributed by atoms with Crippen molar-refractivity contribution in [1.29, 1.82) is 0 Å². The minimum atomic E-state index is -4.81. The summed E-state index contributed by atoms with van der Waals surface area (Å²) in [5, 5.41) is 29.4. The summed E-state index contributed by atoms with van der Waals surface area (Å²) in [6.07, 6.45) is 3.57. The van der Waals surface area contributed by atoms with Gasteiger partial charge in [-0.25, -0.2) is 4.79 Å². The highest BCUT2D eigenvalue weighted by Crippen LogP contribution is 2.20. The van der Waals surface area contributed by atoms with E-state index in [1.807, 2.05) is 31.2 Å². The number of carbonyl (C=O) groups excluding carboxylic acids is 7. The van der Waals surface area contributed by atoms with Crippen LogP contribution in [-0.4, -0.2) is 138 Å². The molecule has 0 spiro atoms. The molecule has 0 aliphatic heterocycles. The van der Waals surface area contributed by atoms with Gasteiger partial charge in [-0.1, -0.05) is 80.4 Å². The first-order chi connectivity index (χ1) is 35.9. The zero-order valence-electron chi connectivity index (χ0n) is 43.0. The molecule has 76 heavy (non-hydrogen) atoms. The van der Waals surface area contributed by atoms with Crippen LogP contribution in [0.5, 0.6) is 5.75 Å². The number of rotatable bonds is 31. The fourth-order valence-corrected chi connectivity index (χ4v) is 8.60. The fraction of sp³-hybridized carbons (Fsp3) is 0.451. The Balaban J connectivity index is 1.51. The molecule has 0 saturated carbocycles. The highest BCUT2D eigenvalue weighted by Gasteiger charge is 2.32. The van der Waals surface area contributed by atoms with Crippen molar-refractivity contribution in [2.24, 2.45) is 5.73 Å². The number of hydrogen-bond donors (Lipinski definition) is 11. The van der Waals surface area contributed by atoms with Crippen LogP contribution >= 0.6 is 11.8 Å². The lowest BCUT2D eigenvalue weighted by atomic mass is 10.0. The number of nitrogens with two attached hydrogens (primary N) is 1. The van der Waals surface area contributed by atoms with Gasteiger partial charge >= 0.3 is 22.5 Å². The Hall–Kier alpha value is -7.22. The number of H-pyrrole nitrogens is 1. The minimum absolute atomic E-state index is 0.0157. The lowest BCUT2D eigenvalue weighted by Gasteiger charge is -2.27. The normalized spacial score (nSPS) is 13.9. The molecular weight excluding hydrogens is 1030 g/mol. The SMILES string of the molecule is CCCC[C@@H](CN[C@@H](CC(=O)O)C(=O)N[C@@H](Cc1ccccc1)C(N)=O)NC(=O)[C@H](Cc1c[nH]c2ccccc12)NC(=O)CNC(=O)[C@H](CCSC)NC(=O)[C@H](Cc1ccc(OS(=O)(=O)O)cc1)NC(=O)OC(C)(C)C. The van der Waals surface area contributed by atoms with Crippen LogP contribution in [0.3, 0.4) is 0 Å². The van der Waals surface area contributed by atoms with E-state index in [1.165, 1.54) is 36.0 Å². The monoisotopic (exact) mass is 1100 g/mol. The van der Waals surface area contributed by atoms with Gasteiger partial charge in [0.1, 0.15) is 35.5 Å². The second kappa shape index (κ2) is 29.8. The number of unbranched alkanes of at least 4 members (excludes halogenated alkanes) is 1. The number of carboxylic acid groups (broad SMARTS) is 1. The second-order valence-electron chi connectivity index (χ2n) is 18.9. The van der Waals surface area contributed by atoms with Gasteiger partial charge in [-0.3, -0.25) is 38.1 Å². The van der Waals surface area contributed by atoms with Crippen molar-refractivity contribution in [3.8, 4) is 5.75 Å². The van der Waals surface area contributed by atoms with Gasteiger partial charge in [-0.2, -0.15) is 20.2 Å². The summed E-state index contributed by atoms with van der Waals surface area (Å²) in [5.74, 6) is -5.70. The molecule has 414 valence electrons. The largest absolute Gasteiger partial charge is 0.481 e. The van der Waals surface area contributed by atoms with Gasteiger partial charge in [0.05, 0.1) is 19.0 Å². The Morgan fingerprint density at radius 1 is 0.724 bits per heavy atom. The summed E-state index contributed by atoms with van der Waals surface area (Å²) in [5.41, 5.74) is 7.26. The average Bonchev–Trinajstić information content (AvgIpc) is 3.76. The number of carbonyl (C=O) groups is 8. The van der Waals surface area contributed by atoms with E-state index in [-0.39, 0.29) is 38.0 Å². The van der Waals surface area contributed by atoms with Gasteiger partial charge in [-0.15, -0.1) is 0 Å². The highest BCUT2D eigenvalue weighted by atomic mass is 32.3. The lowest BCUT2D eigenvalue weighted by molar-refractivity contribution is -0.140. The van der Waals surface area contributed by atoms with Gasteiger partial charge in [0.15, 0.2) is 0 Å². The molecule has 0 aliphatic rings. The Morgan fingerprint density at radius 3 is 1.96 bits per heavy atom. The van der Waals surface area contributed by atoms with E-state index in [2.05, 4.69) is 46.4 Å². The number of nitrogens with one attached hydrogen (secondary N) is 8. The van der Waals surface area contributed by atoms with Gasteiger partial charge in [0.25, 0.3) is 0 Å². The van der Waals surface area contributed by atoms with Crippen molar-refractivity contribution >= 4 is 80.6 Å². The van der Waals surface area contributed by atoms with Crippen LogP contribution in [0.2, 0.25) is 0 Å². The number of ether oxygens (including phenoxy) is 1. The summed E-state index contributed by atoms with van der Waals surface area (Å²) in [4.78, 5) is 110. The highest BCUT2D eigenvalue weighted by molar-refractivity contribution is 7.98. The first-order valence-electron chi connectivity index (χ1n) is 24.5. The number of alkyl carbamates (subject to hydrolysis) is 1. The van der Waals surface area contributed by atoms with Crippen LogP contribution in [0.4, 0.5) is 4.79 Å². The molecular formula is C51H69N9O14S2. The van der Waals surface area contributed by atoms with Crippen molar-refractivity contribution in [3.63, 3.8) is 0 Å². The Kier molecular flexibility index (Phi) is 24.0. The molecule has 4 rings (SSSR count). The number of para-hydroxylation sites is 1. The number of benzene rings is 3. The van der Waals surface area contributed by atoms with E-state index < -0.39 is 113 Å². The van der Waals surface area contributed by atoms with Crippen LogP contribution < -0.4 is 47.1 Å². The van der Waals surface area contributed by atoms with E-state index in [1.54, 1.807) is 63.6 Å². The number of aromatic amines is 1. The van der Waals surface area contributed by atoms with Crippen molar-refractivity contribution < 1.29 is 65.4 Å². The van der Waals surface area contributed by atoms with E-state index in [0.717, 1.165) is 10.9 Å². The number of thioether (sulfide) groups is 1. The molecule has 3 aromatic carbocycles. The van der Waals surface area contributed by atoms with Gasteiger partial charge in [0.2, 0.25) is 35.4 Å². The standard InChI is InChI=1S/C51H69N9O14S2/c1-6-7-15-34(29-54-40(27-44(62)63)47(66)59-39(45(52)64)24-31-13-9-8-10-14-31)56-48(67)42(26-33-28-53-37-17-12-11-16-36(33)37)57-43(61)30-55-46(65)38(22-23-75-5)58-49(68)41(60-50(69)73-51(2,3)4)25-32-18-20-35(21-19-32)74-76(70,71)72/h8-14,16-21,28,34,38-42,53-54H,6-7,15,22-27,29-30H2,1-5H3,(H2,52,64)(H,55,65)(H,56,67)(H,57,61)(H,58,68)(H,59,66)(H,60,69)(H,62,63)(H,70,71,72)/t34-,38-,39-,40-,41-,42-/m0/s1. The number of primary amides is 1. The molecule has 4 aromatic rings. The summed E-state index contributed by atoms with van der Waals surface area (Å²) in [6, 6.07) is 14.4. The summed E-state index contributed by atoms with van der Waals surface area (Å²) in [6.45, 7) is 6.08. The first kappa shape index (κ1) is 61.3. The average molecular weight is 1100 g/mol. The predicted molar refractivity (Wildman–Crippen MR) is 284 cm³/mol. The number of amides is 7. The maximum absolute atomic E-state index is 14.4. The van der Waals surface area contributed by atoms with Crippen LogP contribution in [0, 0.1) is 0 Å². The van der Waals surface area contributed by atoms with Gasteiger partial charge in [0, 0.05) is 48.9 Å². The molecule has 0 radical (unpaired) electrons. The van der Waals surface area contributed by atoms with E-state index in [9.17, 15) is 51.9 Å². The lowest BCUT2D eigenvalue weighted by Crippen LogP contribution is -2.57. The molecule has 6 atom stereocenters. The van der Waals surface area contributed by atoms with Crippen LogP contribution in [0.25, 0.3) is 10.9 Å². The molecule has 0 bridgehead atoms. The Bertz CT molecular complexity index is 2720. The quantitative estimate of drug-likeness (QED) is 0.0322. The van der Waals surface area contributed by atoms with Crippen molar-refractivity contribution in [2.45, 2.75) is 121 Å². The maximum atomic E-state index is 14.4. The Labute approximate surface area is 445 Å². The molecule has 0 fully saturated rings. The topological polar surface area (TPSA) is 356 Å². The molecule has 1 heterocycles. The molecule has 0 unspecified atom stereocenters. The third-order valence-electron chi connectivity index (χ3n) is 11.5. The molecule has 23 nitrogen and oxygen atoms in total. The zero-order valence-corrected chi connectivity index (χ0v) is 44.6. The summed E-state index contributed by atoms with van der Waals surface area (Å²) in [7, 11) is -4.81. The number of aliphatic carboxylic acids is 1. The number of aromatic nitrogens is 1. The van der Waals surface area contributed by atoms with E-state index in [0.29, 0.717) is 41.7 Å². The first-order valence-corrected chi connectivity index (χ1v) is 27.2. The number of fused-ring (bicyclic) bond motifs is 1. The summed E-state index contributed by atoms with van der Waals surface area (Å²) >= 11 is 1.38. The molecule has 25 heteroatoms. The number of hydrogen-bond acceptors (Lipinski definition) is 14. The molecule has 0 saturated heterocycles. The predicted octanol–water partition coefficient (Wildman–Crippen LogP) is 2.19. The van der Waals surface area contributed by atoms with Crippen molar-refractivity contribution in [1.82, 2.24) is 42.2 Å². The van der Waals surface area contributed by atoms with Gasteiger partial charge < -0.3 is 62.0 Å². The van der Waals surface area contributed by atoms with Crippen LogP contribution in [0.15, 0.2) is 85.1 Å². The van der Waals surface area contributed by atoms with Crippen LogP contribution in [-0.2, 0) is 68.0 Å². The third kappa shape index (κ3) is 21.9.